The zero-order chi connectivity index (χ0) is 11.9. The number of halogens is 2. The first-order chi connectivity index (χ1) is 8.21. The Morgan fingerprint density at radius 1 is 0.941 bits per heavy atom. The van der Waals surface area contributed by atoms with Crippen LogP contribution in [0.15, 0.2) is 60.7 Å². The SMILES string of the molecule is FC1(Cl)C(c2ccccc2)N1c1ccccc1. The predicted octanol–water partition coefficient (Wildman–Crippen LogP) is 4.11. The second kappa shape index (κ2) is 3.74. The Bertz CT molecular complexity index is 465. The Balaban J connectivity index is 1.95. The highest BCUT2D eigenvalue weighted by molar-refractivity contribution is 6.28. The summed E-state index contributed by atoms with van der Waals surface area (Å²) in [7, 11) is 0. The van der Waals surface area contributed by atoms with E-state index in [1.807, 2.05) is 60.7 Å². The predicted molar refractivity (Wildman–Crippen MR) is 67.8 cm³/mol. The molecule has 1 aliphatic heterocycles. The summed E-state index contributed by atoms with van der Waals surface area (Å²) in [6.45, 7) is 0. The van der Waals surface area contributed by atoms with Crippen LogP contribution in [0.2, 0.25) is 0 Å². The summed E-state index contributed by atoms with van der Waals surface area (Å²) in [4.78, 5) is 1.57. The molecule has 86 valence electrons. The van der Waals surface area contributed by atoms with Gasteiger partial charge in [-0.1, -0.05) is 60.1 Å². The van der Waals surface area contributed by atoms with Crippen LogP contribution in [0.5, 0.6) is 0 Å². The summed E-state index contributed by atoms with van der Waals surface area (Å²) < 4.78 is 14.2. The van der Waals surface area contributed by atoms with E-state index in [1.54, 1.807) is 4.90 Å². The molecule has 0 bridgehead atoms. The van der Waals surface area contributed by atoms with Crippen LogP contribution in [0.25, 0.3) is 0 Å². The lowest BCUT2D eigenvalue weighted by Crippen LogP contribution is -2.01. The molecule has 2 atom stereocenters. The summed E-state index contributed by atoms with van der Waals surface area (Å²) in [6.07, 6.45) is 0. The lowest BCUT2D eigenvalue weighted by Gasteiger charge is -2.04. The zero-order valence-corrected chi connectivity index (χ0v) is 9.81. The molecular weight excluding hydrogens is 237 g/mol. The van der Waals surface area contributed by atoms with Gasteiger partial charge in [0.2, 0.25) is 0 Å². The van der Waals surface area contributed by atoms with Gasteiger partial charge in [0, 0.05) is 5.69 Å². The molecule has 3 heteroatoms. The van der Waals surface area contributed by atoms with Gasteiger partial charge in [-0.05, 0) is 17.7 Å². The van der Waals surface area contributed by atoms with E-state index < -0.39 is 11.3 Å². The van der Waals surface area contributed by atoms with E-state index in [9.17, 15) is 4.39 Å². The maximum absolute atomic E-state index is 14.2. The third kappa shape index (κ3) is 1.69. The van der Waals surface area contributed by atoms with Crippen LogP contribution in [-0.4, -0.2) is 5.25 Å². The summed E-state index contributed by atoms with van der Waals surface area (Å²) in [5, 5.41) is -1.80. The second-order valence-corrected chi connectivity index (χ2v) is 4.64. The van der Waals surface area contributed by atoms with E-state index >= 15 is 0 Å². The van der Waals surface area contributed by atoms with Gasteiger partial charge in [0.1, 0.15) is 6.04 Å². The van der Waals surface area contributed by atoms with Crippen molar-refractivity contribution in [2.75, 3.05) is 4.90 Å². The fraction of sp³-hybridized carbons (Fsp3) is 0.143. The minimum absolute atomic E-state index is 0.396. The van der Waals surface area contributed by atoms with Crippen molar-refractivity contribution in [1.82, 2.24) is 0 Å². The Morgan fingerprint density at radius 2 is 1.47 bits per heavy atom. The molecule has 2 aromatic carbocycles. The van der Waals surface area contributed by atoms with Crippen molar-refractivity contribution >= 4 is 17.3 Å². The molecule has 3 rings (SSSR count). The first-order valence-electron chi connectivity index (χ1n) is 5.48. The highest BCUT2D eigenvalue weighted by Crippen LogP contribution is 2.59. The monoisotopic (exact) mass is 247 g/mol. The number of alkyl halides is 2. The van der Waals surface area contributed by atoms with Crippen LogP contribution >= 0.6 is 11.6 Å². The Hall–Kier alpha value is -1.54. The number of hydrogen-bond donors (Lipinski definition) is 0. The Labute approximate surface area is 104 Å². The van der Waals surface area contributed by atoms with E-state index in [1.165, 1.54) is 0 Å². The van der Waals surface area contributed by atoms with Crippen molar-refractivity contribution in [2.45, 2.75) is 11.3 Å². The van der Waals surface area contributed by atoms with Gasteiger partial charge >= 0.3 is 0 Å². The molecule has 1 fully saturated rings. The molecule has 2 unspecified atom stereocenters. The molecule has 0 aliphatic carbocycles. The van der Waals surface area contributed by atoms with E-state index in [4.69, 9.17) is 11.6 Å². The molecule has 0 aromatic heterocycles. The molecule has 17 heavy (non-hydrogen) atoms. The first kappa shape index (κ1) is 10.6. The number of nitrogens with zero attached hydrogens (tertiary/aromatic N) is 1. The molecular formula is C14H11ClFN. The lowest BCUT2D eigenvalue weighted by molar-refractivity contribution is 0.416. The molecule has 1 nitrogen and oxygen atoms in total. The van der Waals surface area contributed by atoms with Crippen LogP contribution in [0, 0.1) is 0 Å². The normalized spacial score (nSPS) is 26.9. The first-order valence-corrected chi connectivity index (χ1v) is 5.86. The van der Waals surface area contributed by atoms with Gasteiger partial charge in [-0.3, -0.25) is 0 Å². The van der Waals surface area contributed by atoms with Crippen LogP contribution in [-0.2, 0) is 0 Å². The van der Waals surface area contributed by atoms with E-state index in [2.05, 4.69) is 0 Å². The Morgan fingerprint density at radius 3 is 2.06 bits per heavy atom. The third-order valence-electron chi connectivity index (χ3n) is 2.99. The van der Waals surface area contributed by atoms with Crippen molar-refractivity contribution in [3.63, 3.8) is 0 Å². The molecule has 0 saturated carbocycles. The van der Waals surface area contributed by atoms with E-state index in [0.717, 1.165) is 11.3 Å². The Kier molecular flexibility index (Phi) is 2.33. The van der Waals surface area contributed by atoms with Gasteiger partial charge in [0.05, 0.1) is 0 Å². The molecule has 0 N–H and O–H groups in total. The summed E-state index contributed by atoms with van der Waals surface area (Å²) in [6, 6.07) is 18.5. The fourth-order valence-corrected chi connectivity index (χ4v) is 2.51. The fourth-order valence-electron chi connectivity index (χ4n) is 2.14. The lowest BCUT2D eigenvalue weighted by atomic mass is 10.1. The smallest absolute Gasteiger partial charge is 0.284 e. The number of anilines is 1. The number of para-hydroxylation sites is 1. The summed E-state index contributed by atoms with van der Waals surface area (Å²) in [5.74, 6) is 0. The molecule has 0 radical (unpaired) electrons. The molecule has 1 saturated heterocycles. The number of hydrogen-bond acceptors (Lipinski definition) is 1. The van der Waals surface area contributed by atoms with Gasteiger partial charge in [-0.25, -0.2) is 0 Å². The standard InChI is InChI=1S/C14H11ClFN/c15-14(16)13(11-7-3-1-4-8-11)17(14)12-9-5-2-6-10-12/h1-10,13H. The molecule has 2 aromatic rings. The summed E-state index contributed by atoms with van der Waals surface area (Å²) in [5.41, 5.74) is 1.70. The van der Waals surface area contributed by atoms with Gasteiger partial charge in [-0.15, -0.1) is 0 Å². The summed E-state index contributed by atoms with van der Waals surface area (Å²) >= 11 is 5.90. The van der Waals surface area contributed by atoms with Crippen LogP contribution in [0.3, 0.4) is 0 Å². The highest BCUT2D eigenvalue weighted by Gasteiger charge is 2.64. The zero-order valence-electron chi connectivity index (χ0n) is 9.05. The largest absolute Gasteiger partial charge is 0.311 e. The van der Waals surface area contributed by atoms with E-state index in [-0.39, 0.29) is 0 Å². The highest BCUT2D eigenvalue weighted by atomic mass is 35.5. The van der Waals surface area contributed by atoms with Crippen molar-refractivity contribution in [2.24, 2.45) is 0 Å². The maximum Gasteiger partial charge on any atom is 0.284 e. The number of rotatable bonds is 2. The minimum atomic E-state index is -1.80. The second-order valence-electron chi connectivity index (χ2n) is 4.11. The molecule has 1 heterocycles. The van der Waals surface area contributed by atoms with Gasteiger partial charge in [0.25, 0.3) is 5.25 Å². The van der Waals surface area contributed by atoms with Crippen LogP contribution in [0.4, 0.5) is 10.1 Å². The molecule has 0 spiro atoms. The average molecular weight is 248 g/mol. The van der Waals surface area contributed by atoms with Gasteiger partial charge < -0.3 is 4.90 Å². The topological polar surface area (TPSA) is 3.01 Å². The van der Waals surface area contributed by atoms with Crippen molar-refractivity contribution < 1.29 is 4.39 Å². The van der Waals surface area contributed by atoms with E-state index in [0.29, 0.717) is 0 Å². The van der Waals surface area contributed by atoms with Crippen molar-refractivity contribution in [3.8, 4) is 0 Å². The maximum atomic E-state index is 14.2. The van der Waals surface area contributed by atoms with Gasteiger partial charge in [0.15, 0.2) is 0 Å². The minimum Gasteiger partial charge on any atom is -0.311 e. The molecule has 1 aliphatic rings. The quantitative estimate of drug-likeness (QED) is 0.438. The van der Waals surface area contributed by atoms with Gasteiger partial charge in [-0.2, -0.15) is 4.39 Å². The average Bonchev–Trinajstić information content (AvgIpc) is 2.94. The van der Waals surface area contributed by atoms with Crippen LogP contribution < -0.4 is 4.90 Å². The van der Waals surface area contributed by atoms with Crippen LogP contribution in [0.1, 0.15) is 11.6 Å². The molecule has 0 amide bonds. The third-order valence-corrected chi connectivity index (χ3v) is 3.38. The van der Waals surface area contributed by atoms with Crippen molar-refractivity contribution in [1.29, 1.82) is 0 Å². The number of benzene rings is 2. The van der Waals surface area contributed by atoms with Crippen molar-refractivity contribution in [3.05, 3.63) is 66.2 Å².